The lowest BCUT2D eigenvalue weighted by atomic mass is 10.0. The molecule has 0 fully saturated rings. The zero-order valence-electron chi connectivity index (χ0n) is 13.9. The van der Waals surface area contributed by atoms with E-state index in [0.29, 0.717) is 0 Å². The summed E-state index contributed by atoms with van der Waals surface area (Å²) in [7, 11) is -5.97. The lowest BCUT2D eigenvalue weighted by Crippen LogP contribution is -2.32. The van der Waals surface area contributed by atoms with Crippen LogP contribution in [0.25, 0.3) is 22.2 Å². The fourth-order valence-corrected chi connectivity index (χ4v) is 4.26. The van der Waals surface area contributed by atoms with Crippen molar-refractivity contribution in [2.45, 2.75) is 4.90 Å². The third-order valence-corrected chi connectivity index (χ3v) is 6.75. The molecular weight excluding hydrogens is 376 g/mol. The Morgan fingerprint density at radius 2 is 1.77 bits per heavy atom. The molecule has 0 radical (unpaired) electrons. The van der Waals surface area contributed by atoms with Crippen LogP contribution >= 0.6 is 0 Å². The Morgan fingerprint density at radius 1 is 1.04 bits per heavy atom. The van der Waals surface area contributed by atoms with Crippen molar-refractivity contribution in [2.75, 3.05) is 19.3 Å². The van der Waals surface area contributed by atoms with Gasteiger partial charge in [0.25, 0.3) is 0 Å². The summed E-state index contributed by atoms with van der Waals surface area (Å²) in [5.74, 6) is -0.330. The lowest BCUT2D eigenvalue weighted by molar-refractivity contribution is 0.578. The third kappa shape index (κ3) is 3.93. The van der Waals surface area contributed by atoms with E-state index >= 15 is 0 Å². The summed E-state index contributed by atoms with van der Waals surface area (Å²) in [6, 6.07) is 10.2. The molecule has 3 N–H and O–H groups in total. The van der Waals surface area contributed by atoms with Gasteiger partial charge in [0.15, 0.2) is 0 Å². The molecule has 10 heteroatoms. The molecule has 0 aliphatic heterocycles. The average molecular weight is 394 g/mol. The first-order chi connectivity index (χ1) is 12.3. The minimum Gasteiger partial charge on any atom is -0.346 e. The van der Waals surface area contributed by atoms with Crippen LogP contribution in [0.15, 0.2) is 53.7 Å². The van der Waals surface area contributed by atoms with E-state index in [-0.39, 0.29) is 17.2 Å². The molecule has 0 amide bonds. The van der Waals surface area contributed by atoms with Gasteiger partial charge >= 0.3 is 0 Å². The minimum absolute atomic E-state index is 0.0717. The first-order valence-corrected chi connectivity index (χ1v) is 10.9. The van der Waals surface area contributed by atoms with E-state index in [1.807, 2.05) is 12.1 Å². The number of nitrogens with zero attached hydrogens (tertiary/aromatic N) is 1. The summed E-state index contributed by atoms with van der Waals surface area (Å²) >= 11 is 0. The van der Waals surface area contributed by atoms with Gasteiger partial charge in [0.2, 0.25) is 20.0 Å². The fraction of sp³-hybridized carbons (Fsp3) is 0.188. The van der Waals surface area contributed by atoms with Crippen LogP contribution in [0.5, 0.6) is 0 Å². The number of H-pyrrole nitrogens is 1. The van der Waals surface area contributed by atoms with E-state index in [0.717, 1.165) is 22.2 Å². The molecular formula is C16H18N4O4S2. The van der Waals surface area contributed by atoms with Crippen LogP contribution in [0.3, 0.4) is 0 Å². The molecule has 0 atom stereocenters. The Balaban J connectivity index is 1.80. The molecule has 1 aromatic carbocycles. The molecule has 0 bridgehead atoms. The topological polar surface area (TPSA) is 121 Å². The molecule has 0 unspecified atom stereocenters. The molecule has 138 valence electrons. The number of aromatic amines is 1. The van der Waals surface area contributed by atoms with Gasteiger partial charge in [0, 0.05) is 24.3 Å². The predicted octanol–water partition coefficient (Wildman–Crippen LogP) is 1.06. The molecule has 3 rings (SSSR count). The highest BCUT2D eigenvalue weighted by atomic mass is 32.2. The Labute approximate surface area is 151 Å². The van der Waals surface area contributed by atoms with Gasteiger partial charge in [-0.2, -0.15) is 0 Å². The quantitative estimate of drug-likeness (QED) is 0.553. The number of rotatable bonds is 7. The summed E-state index contributed by atoms with van der Waals surface area (Å²) < 4.78 is 51.7. The van der Waals surface area contributed by atoms with Crippen molar-refractivity contribution in [3.05, 3.63) is 48.8 Å². The Bertz CT molecular complexity index is 1120. The molecule has 0 aliphatic rings. The van der Waals surface area contributed by atoms with E-state index in [2.05, 4.69) is 19.4 Å². The van der Waals surface area contributed by atoms with Gasteiger partial charge in [-0.1, -0.05) is 12.1 Å². The van der Waals surface area contributed by atoms with Gasteiger partial charge in [-0.15, -0.1) is 0 Å². The monoisotopic (exact) mass is 394 g/mol. The van der Waals surface area contributed by atoms with Gasteiger partial charge in [-0.05, 0) is 42.4 Å². The van der Waals surface area contributed by atoms with Crippen LogP contribution in [-0.2, 0) is 20.0 Å². The van der Waals surface area contributed by atoms with Gasteiger partial charge in [0.05, 0.1) is 10.6 Å². The van der Waals surface area contributed by atoms with Crippen molar-refractivity contribution < 1.29 is 16.8 Å². The highest BCUT2D eigenvalue weighted by Gasteiger charge is 2.16. The summed E-state index contributed by atoms with van der Waals surface area (Å²) in [5, 5.41) is 0.943. The third-order valence-electron chi connectivity index (χ3n) is 3.91. The maximum Gasteiger partial charge on any atom is 0.240 e. The van der Waals surface area contributed by atoms with Crippen LogP contribution in [0.4, 0.5) is 0 Å². The van der Waals surface area contributed by atoms with Crippen LogP contribution in [0, 0.1) is 0 Å². The first kappa shape index (κ1) is 18.5. The van der Waals surface area contributed by atoms with Gasteiger partial charge in [-0.3, -0.25) is 0 Å². The highest BCUT2D eigenvalue weighted by molar-refractivity contribution is 7.90. The van der Waals surface area contributed by atoms with E-state index in [9.17, 15) is 16.8 Å². The lowest BCUT2D eigenvalue weighted by Gasteiger charge is -2.08. The van der Waals surface area contributed by atoms with Crippen molar-refractivity contribution in [2.24, 2.45) is 0 Å². The number of sulfonamides is 2. The van der Waals surface area contributed by atoms with Crippen molar-refractivity contribution in [1.29, 1.82) is 0 Å². The first-order valence-electron chi connectivity index (χ1n) is 7.76. The number of hydrogen-bond donors (Lipinski definition) is 3. The van der Waals surface area contributed by atoms with Gasteiger partial charge in [-0.25, -0.2) is 31.3 Å². The molecule has 3 aromatic rings. The summed E-state index contributed by atoms with van der Waals surface area (Å²) in [4.78, 5) is 7.34. The van der Waals surface area contributed by atoms with Crippen molar-refractivity contribution in [3.8, 4) is 11.1 Å². The van der Waals surface area contributed by atoms with E-state index in [1.165, 1.54) is 19.2 Å². The second-order valence-corrected chi connectivity index (χ2v) is 9.36. The molecule has 2 aromatic heterocycles. The molecule has 8 nitrogen and oxygen atoms in total. The Hall–Kier alpha value is -2.27. The number of pyridine rings is 1. The number of aromatic nitrogens is 2. The SMILES string of the molecule is CNS(=O)(=O)CCNS(=O)(=O)c1ccc(-c2ccnc3[nH]ccc23)cc1. The maximum atomic E-state index is 12.3. The molecule has 26 heavy (non-hydrogen) atoms. The van der Waals surface area contributed by atoms with Gasteiger partial charge < -0.3 is 4.98 Å². The molecule has 0 saturated heterocycles. The normalized spacial score (nSPS) is 12.5. The second-order valence-electron chi connectivity index (χ2n) is 5.54. The van der Waals surface area contributed by atoms with Crippen molar-refractivity contribution >= 4 is 31.1 Å². The molecule has 0 spiro atoms. The van der Waals surface area contributed by atoms with E-state index in [4.69, 9.17) is 0 Å². The fourth-order valence-electron chi connectivity index (χ4n) is 2.52. The molecule has 2 heterocycles. The average Bonchev–Trinajstić information content (AvgIpc) is 3.10. The van der Waals surface area contributed by atoms with Crippen LogP contribution in [-0.4, -0.2) is 46.1 Å². The zero-order valence-corrected chi connectivity index (χ0v) is 15.6. The van der Waals surface area contributed by atoms with Crippen LogP contribution < -0.4 is 9.44 Å². The number of nitrogens with one attached hydrogen (secondary N) is 3. The van der Waals surface area contributed by atoms with Crippen molar-refractivity contribution in [3.63, 3.8) is 0 Å². The Morgan fingerprint density at radius 3 is 2.46 bits per heavy atom. The highest BCUT2D eigenvalue weighted by Crippen LogP contribution is 2.27. The zero-order chi connectivity index (χ0) is 18.8. The van der Waals surface area contributed by atoms with Crippen molar-refractivity contribution in [1.82, 2.24) is 19.4 Å². The Kier molecular flexibility index (Phi) is 5.10. The predicted molar refractivity (Wildman–Crippen MR) is 99.6 cm³/mol. The molecule has 0 aliphatic carbocycles. The smallest absolute Gasteiger partial charge is 0.240 e. The number of fused-ring (bicyclic) bond motifs is 1. The summed E-state index contributed by atoms with van der Waals surface area (Å²) in [5.41, 5.74) is 2.55. The summed E-state index contributed by atoms with van der Waals surface area (Å²) in [6.45, 7) is -0.207. The van der Waals surface area contributed by atoms with Crippen LogP contribution in [0.1, 0.15) is 0 Å². The standard InChI is InChI=1S/C16H18N4O4S2/c1-17-25(21,22)11-10-20-26(23,24)13-4-2-12(3-5-13)14-6-8-18-16-15(14)7-9-19-16/h2-9,17,20H,10-11H2,1H3,(H,18,19). The number of benzene rings is 1. The van der Waals surface area contributed by atoms with Crippen LogP contribution in [0.2, 0.25) is 0 Å². The maximum absolute atomic E-state index is 12.3. The minimum atomic E-state index is -3.78. The molecule has 0 saturated carbocycles. The largest absolute Gasteiger partial charge is 0.346 e. The van der Waals surface area contributed by atoms with E-state index < -0.39 is 20.0 Å². The summed E-state index contributed by atoms with van der Waals surface area (Å²) in [6.07, 6.45) is 3.48. The second kappa shape index (κ2) is 7.16. The van der Waals surface area contributed by atoms with E-state index in [1.54, 1.807) is 24.5 Å². The van der Waals surface area contributed by atoms with Gasteiger partial charge in [0.1, 0.15) is 5.65 Å². The number of hydrogen-bond acceptors (Lipinski definition) is 5.